The minimum atomic E-state index is -4.82. The van der Waals surface area contributed by atoms with Gasteiger partial charge >= 0.3 is 6.36 Å². The summed E-state index contributed by atoms with van der Waals surface area (Å²) in [5, 5.41) is 1.85. The first-order valence-corrected chi connectivity index (χ1v) is 9.36. The Morgan fingerprint density at radius 3 is 2.21 bits per heavy atom. The Labute approximate surface area is 142 Å². The molecule has 1 unspecified atom stereocenters. The smallest absolute Gasteiger partial charge is 0.406 e. The molecule has 24 heavy (non-hydrogen) atoms. The van der Waals surface area contributed by atoms with Gasteiger partial charge in [-0.1, -0.05) is 19.9 Å². The molecular weight excluding hydrogens is 363 g/mol. The van der Waals surface area contributed by atoms with Gasteiger partial charge in [0.25, 0.3) is 0 Å². The van der Waals surface area contributed by atoms with Crippen molar-refractivity contribution in [3.8, 4) is 5.75 Å². The summed E-state index contributed by atoms with van der Waals surface area (Å²) in [6.45, 7) is 3.76. The van der Waals surface area contributed by atoms with Gasteiger partial charge in [0.2, 0.25) is 10.0 Å². The van der Waals surface area contributed by atoms with E-state index in [1.807, 2.05) is 31.4 Å². The number of nitrogens with one attached hydrogen (secondary N) is 1. The first-order chi connectivity index (χ1) is 11.1. The molecule has 2 aromatic rings. The lowest BCUT2D eigenvalue weighted by Gasteiger charge is -2.21. The van der Waals surface area contributed by atoms with E-state index in [1.54, 1.807) is 0 Å². The van der Waals surface area contributed by atoms with Gasteiger partial charge in [-0.2, -0.15) is 0 Å². The Morgan fingerprint density at radius 2 is 1.75 bits per heavy atom. The maximum Gasteiger partial charge on any atom is 0.573 e. The fraction of sp³-hybridized carbons (Fsp3) is 0.333. The van der Waals surface area contributed by atoms with Crippen LogP contribution in [0, 0.1) is 5.92 Å². The van der Waals surface area contributed by atoms with Crippen LogP contribution in [-0.4, -0.2) is 14.8 Å². The third kappa shape index (κ3) is 4.96. The molecule has 0 aliphatic heterocycles. The maximum absolute atomic E-state index is 12.5. The number of sulfonamides is 1. The zero-order chi connectivity index (χ0) is 18.0. The van der Waals surface area contributed by atoms with E-state index in [2.05, 4.69) is 9.46 Å². The number of ether oxygens (including phenoxy) is 1. The summed E-state index contributed by atoms with van der Waals surface area (Å²) in [7, 11) is -3.87. The van der Waals surface area contributed by atoms with Crippen LogP contribution in [0.15, 0.2) is 46.7 Å². The molecule has 0 bridgehead atoms. The second-order valence-corrected chi connectivity index (χ2v) is 8.07. The van der Waals surface area contributed by atoms with Crippen molar-refractivity contribution in [2.24, 2.45) is 5.92 Å². The number of benzene rings is 1. The molecular formula is C15H16F3NO3S2. The Morgan fingerprint density at radius 1 is 1.12 bits per heavy atom. The zero-order valence-corrected chi connectivity index (χ0v) is 14.5. The summed E-state index contributed by atoms with van der Waals surface area (Å²) in [5.74, 6) is -0.466. The van der Waals surface area contributed by atoms with Crippen molar-refractivity contribution in [2.45, 2.75) is 31.1 Å². The minimum Gasteiger partial charge on any atom is -0.406 e. The van der Waals surface area contributed by atoms with Gasteiger partial charge in [-0.15, -0.1) is 24.5 Å². The standard InChI is InChI=1S/C15H16F3NO3S2/c1-10(2)14(13-4-3-9-23-13)19-24(20,21)12-7-5-11(6-8-12)22-15(16,17)18/h3-10,14,19H,1-2H3. The lowest BCUT2D eigenvalue weighted by Crippen LogP contribution is -2.31. The molecule has 1 atom stereocenters. The summed E-state index contributed by atoms with van der Waals surface area (Å²) in [6.07, 6.45) is -4.82. The summed E-state index contributed by atoms with van der Waals surface area (Å²) in [4.78, 5) is 0.741. The van der Waals surface area contributed by atoms with E-state index in [4.69, 9.17) is 0 Å². The fourth-order valence-corrected chi connectivity index (χ4v) is 4.43. The SMILES string of the molecule is CC(C)C(NS(=O)(=O)c1ccc(OC(F)(F)F)cc1)c1cccs1. The van der Waals surface area contributed by atoms with Crippen molar-refractivity contribution < 1.29 is 26.3 Å². The number of rotatable bonds is 6. The van der Waals surface area contributed by atoms with Crippen LogP contribution in [0.5, 0.6) is 5.75 Å². The fourth-order valence-electron chi connectivity index (χ4n) is 2.05. The first-order valence-electron chi connectivity index (χ1n) is 7.00. The van der Waals surface area contributed by atoms with Gasteiger partial charge in [0.15, 0.2) is 0 Å². The molecule has 0 radical (unpaired) electrons. The number of hydrogen-bond donors (Lipinski definition) is 1. The lowest BCUT2D eigenvalue weighted by atomic mass is 10.0. The van der Waals surface area contributed by atoms with Crippen molar-refractivity contribution in [3.05, 3.63) is 46.7 Å². The molecule has 1 aromatic carbocycles. The van der Waals surface area contributed by atoms with E-state index >= 15 is 0 Å². The molecule has 1 N–H and O–H groups in total. The predicted molar refractivity (Wildman–Crippen MR) is 85.3 cm³/mol. The van der Waals surface area contributed by atoms with Gasteiger partial charge < -0.3 is 4.74 Å². The number of alkyl halides is 3. The number of hydrogen-bond acceptors (Lipinski definition) is 4. The van der Waals surface area contributed by atoms with Gasteiger partial charge in [0.1, 0.15) is 5.75 Å². The monoisotopic (exact) mass is 379 g/mol. The normalized spacial score (nSPS) is 13.9. The molecule has 2 rings (SSSR count). The van der Waals surface area contributed by atoms with Crippen molar-refractivity contribution >= 4 is 21.4 Å². The Balaban J connectivity index is 2.20. The van der Waals surface area contributed by atoms with Crippen molar-refractivity contribution in [1.82, 2.24) is 4.72 Å². The van der Waals surface area contributed by atoms with E-state index in [-0.39, 0.29) is 10.8 Å². The second kappa shape index (κ2) is 7.12. The van der Waals surface area contributed by atoms with E-state index < -0.39 is 28.2 Å². The largest absolute Gasteiger partial charge is 0.573 e. The molecule has 132 valence electrons. The molecule has 4 nitrogen and oxygen atoms in total. The Kier molecular flexibility index (Phi) is 5.56. The molecule has 1 aromatic heterocycles. The average Bonchev–Trinajstić information content (AvgIpc) is 2.97. The summed E-state index contributed by atoms with van der Waals surface area (Å²) in [6, 6.07) is 7.34. The average molecular weight is 379 g/mol. The highest BCUT2D eigenvalue weighted by molar-refractivity contribution is 7.89. The van der Waals surface area contributed by atoms with Gasteiger partial charge in [-0.3, -0.25) is 0 Å². The van der Waals surface area contributed by atoms with Gasteiger partial charge in [0, 0.05) is 4.88 Å². The van der Waals surface area contributed by atoms with E-state index in [9.17, 15) is 21.6 Å². The predicted octanol–water partition coefficient (Wildman–Crippen LogP) is 4.32. The van der Waals surface area contributed by atoms with Crippen LogP contribution < -0.4 is 9.46 Å². The van der Waals surface area contributed by atoms with Crippen LogP contribution in [0.2, 0.25) is 0 Å². The van der Waals surface area contributed by atoms with Gasteiger partial charge in [-0.05, 0) is 41.6 Å². The second-order valence-electron chi connectivity index (χ2n) is 5.38. The van der Waals surface area contributed by atoms with Crippen LogP contribution in [0.1, 0.15) is 24.8 Å². The molecule has 0 spiro atoms. The molecule has 0 aliphatic rings. The highest BCUT2D eigenvalue weighted by Gasteiger charge is 2.31. The molecule has 0 fully saturated rings. The van der Waals surface area contributed by atoms with Crippen LogP contribution in [0.4, 0.5) is 13.2 Å². The quantitative estimate of drug-likeness (QED) is 0.813. The summed E-state index contributed by atoms with van der Waals surface area (Å²) in [5.41, 5.74) is 0. The highest BCUT2D eigenvalue weighted by Crippen LogP contribution is 2.29. The van der Waals surface area contributed by atoms with E-state index in [0.717, 1.165) is 29.1 Å². The lowest BCUT2D eigenvalue weighted by molar-refractivity contribution is -0.274. The van der Waals surface area contributed by atoms with Crippen molar-refractivity contribution in [1.29, 1.82) is 0 Å². The van der Waals surface area contributed by atoms with Crippen molar-refractivity contribution in [2.75, 3.05) is 0 Å². The van der Waals surface area contributed by atoms with E-state index in [1.165, 1.54) is 11.3 Å². The zero-order valence-electron chi connectivity index (χ0n) is 12.9. The maximum atomic E-state index is 12.5. The third-order valence-corrected chi connectivity index (χ3v) is 5.58. The molecule has 0 amide bonds. The molecule has 0 saturated heterocycles. The summed E-state index contributed by atoms with van der Waals surface area (Å²) < 4.78 is 67.7. The van der Waals surface area contributed by atoms with Crippen LogP contribution >= 0.6 is 11.3 Å². The summed E-state index contributed by atoms with van der Waals surface area (Å²) >= 11 is 1.43. The molecule has 9 heteroatoms. The van der Waals surface area contributed by atoms with Crippen molar-refractivity contribution in [3.63, 3.8) is 0 Å². The highest BCUT2D eigenvalue weighted by atomic mass is 32.2. The van der Waals surface area contributed by atoms with Crippen LogP contribution in [0.3, 0.4) is 0 Å². The topological polar surface area (TPSA) is 55.4 Å². The van der Waals surface area contributed by atoms with Gasteiger partial charge in [-0.25, -0.2) is 13.1 Å². The Bertz CT molecular complexity index is 754. The molecule has 0 saturated carbocycles. The first kappa shape index (κ1) is 18.8. The number of thiophene rings is 1. The van der Waals surface area contributed by atoms with E-state index in [0.29, 0.717) is 0 Å². The number of halogens is 3. The molecule has 0 aliphatic carbocycles. The molecule has 1 heterocycles. The Hall–Kier alpha value is -1.58. The van der Waals surface area contributed by atoms with Crippen LogP contribution in [0.25, 0.3) is 0 Å². The minimum absolute atomic E-state index is 0.00580. The third-order valence-electron chi connectivity index (χ3n) is 3.17. The van der Waals surface area contributed by atoms with Gasteiger partial charge in [0.05, 0.1) is 10.9 Å². The van der Waals surface area contributed by atoms with Crippen LogP contribution in [-0.2, 0) is 10.0 Å².